The molecule has 2 aromatic rings. The third-order valence-electron chi connectivity index (χ3n) is 4.46. The van der Waals surface area contributed by atoms with Crippen molar-refractivity contribution < 1.29 is 18.7 Å². The third kappa shape index (κ3) is 3.37. The van der Waals surface area contributed by atoms with E-state index in [1.807, 2.05) is 40.7 Å². The number of methoxy groups -OCH3 is 1. The lowest BCUT2D eigenvalue weighted by atomic mass is 9.79. The van der Waals surface area contributed by atoms with Gasteiger partial charge in [-0.15, -0.1) is 0 Å². The van der Waals surface area contributed by atoms with Crippen LogP contribution in [0.3, 0.4) is 0 Å². The van der Waals surface area contributed by atoms with Crippen LogP contribution < -0.4 is 4.74 Å². The van der Waals surface area contributed by atoms with E-state index in [2.05, 4.69) is 0 Å². The number of ether oxygens (including phenoxy) is 1. The molecule has 0 aliphatic heterocycles. The van der Waals surface area contributed by atoms with Crippen molar-refractivity contribution in [2.45, 2.75) is 48.0 Å². The average Bonchev–Trinajstić information content (AvgIpc) is 2.82. The third-order valence-corrected chi connectivity index (χ3v) is 4.46. The van der Waals surface area contributed by atoms with Crippen molar-refractivity contribution in [3.8, 4) is 5.75 Å². The molecule has 0 spiro atoms. The van der Waals surface area contributed by atoms with Crippen molar-refractivity contribution >= 4 is 22.5 Å². The number of hydrogen-bond acceptors (Lipinski definition) is 4. The number of furan rings is 1. The van der Waals surface area contributed by atoms with Crippen LogP contribution >= 0.6 is 0 Å². The maximum absolute atomic E-state index is 12.9. The zero-order valence-electron chi connectivity index (χ0n) is 15.6. The van der Waals surface area contributed by atoms with Crippen molar-refractivity contribution in [3.63, 3.8) is 0 Å². The number of ketones is 2. The van der Waals surface area contributed by atoms with Gasteiger partial charge in [-0.25, -0.2) is 0 Å². The van der Waals surface area contributed by atoms with Gasteiger partial charge in [0.25, 0.3) is 0 Å². The van der Waals surface area contributed by atoms with Crippen LogP contribution in [-0.2, 0) is 11.2 Å². The van der Waals surface area contributed by atoms with Gasteiger partial charge >= 0.3 is 0 Å². The van der Waals surface area contributed by atoms with Gasteiger partial charge in [0.05, 0.1) is 7.11 Å². The maximum Gasteiger partial charge on any atom is 0.203 e. The molecular weight excluding hydrogens is 304 g/mol. The molecule has 0 fully saturated rings. The summed E-state index contributed by atoms with van der Waals surface area (Å²) in [6, 6.07) is 5.47. The van der Waals surface area contributed by atoms with Gasteiger partial charge in [0.15, 0.2) is 5.76 Å². The Bertz CT molecular complexity index is 788. The second-order valence-electron chi connectivity index (χ2n) is 7.97. The molecule has 2 rings (SSSR count). The van der Waals surface area contributed by atoms with Crippen LogP contribution in [0, 0.1) is 10.8 Å². The van der Waals surface area contributed by atoms with E-state index in [9.17, 15) is 9.59 Å². The Morgan fingerprint density at radius 3 is 2.25 bits per heavy atom. The summed E-state index contributed by atoms with van der Waals surface area (Å²) in [5.74, 6) is 1.06. The molecule has 24 heavy (non-hydrogen) atoms. The first kappa shape index (κ1) is 18.2. The summed E-state index contributed by atoms with van der Waals surface area (Å²) in [5.41, 5.74) is 0.279. The molecule has 0 unspecified atom stereocenters. The fraction of sp³-hybridized carbons (Fsp3) is 0.500. The summed E-state index contributed by atoms with van der Waals surface area (Å²) in [7, 11) is 1.60. The molecule has 0 aliphatic rings. The number of carbonyl (C=O) groups is 2. The van der Waals surface area contributed by atoms with E-state index in [4.69, 9.17) is 9.15 Å². The van der Waals surface area contributed by atoms with Crippen molar-refractivity contribution in [1.82, 2.24) is 0 Å². The van der Waals surface area contributed by atoms with Gasteiger partial charge in [0.2, 0.25) is 5.78 Å². The van der Waals surface area contributed by atoms with Crippen LogP contribution in [0.4, 0.5) is 0 Å². The number of fused-ring (bicyclic) bond motifs is 1. The average molecular weight is 330 g/mol. The number of benzene rings is 1. The minimum absolute atomic E-state index is 0.0629. The first-order chi connectivity index (χ1) is 11.0. The summed E-state index contributed by atoms with van der Waals surface area (Å²) in [5, 5.41) is 0.830. The molecular formula is C20H26O4. The highest BCUT2D eigenvalue weighted by Gasteiger charge is 2.34. The predicted molar refractivity (Wildman–Crippen MR) is 94.7 cm³/mol. The monoisotopic (exact) mass is 330 g/mol. The Morgan fingerprint density at radius 2 is 1.75 bits per heavy atom. The molecule has 0 saturated carbocycles. The molecule has 1 aromatic carbocycles. The minimum atomic E-state index is -0.577. The van der Waals surface area contributed by atoms with E-state index in [-0.39, 0.29) is 11.6 Å². The Hall–Kier alpha value is -2.10. The van der Waals surface area contributed by atoms with Crippen LogP contribution in [0.25, 0.3) is 11.0 Å². The molecule has 1 heterocycles. The van der Waals surface area contributed by atoms with Crippen molar-refractivity contribution in [1.29, 1.82) is 0 Å². The van der Waals surface area contributed by atoms with Crippen molar-refractivity contribution in [2.75, 3.05) is 7.11 Å². The summed E-state index contributed by atoms with van der Waals surface area (Å²) < 4.78 is 11.2. The van der Waals surface area contributed by atoms with E-state index in [0.717, 1.165) is 10.9 Å². The molecule has 130 valence electrons. The quantitative estimate of drug-likeness (QED) is 0.737. The smallest absolute Gasteiger partial charge is 0.203 e. The van der Waals surface area contributed by atoms with Gasteiger partial charge < -0.3 is 9.15 Å². The Morgan fingerprint density at radius 1 is 1.12 bits per heavy atom. The highest BCUT2D eigenvalue weighted by molar-refractivity contribution is 6.03. The summed E-state index contributed by atoms with van der Waals surface area (Å²) in [6.07, 6.45) is 0.444. The zero-order chi connectivity index (χ0) is 18.3. The van der Waals surface area contributed by atoms with Crippen LogP contribution in [0.5, 0.6) is 5.75 Å². The minimum Gasteiger partial charge on any atom is -0.497 e. The van der Waals surface area contributed by atoms with Gasteiger partial charge in [-0.2, -0.15) is 0 Å². The highest BCUT2D eigenvalue weighted by Crippen LogP contribution is 2.37. The zero-order valence-corrected chi connectivity index (χ0v) is 15.6. The van der Waals surface area contributed by atoms with Crippen molar-refractivity contribution in [3.05, 3.63) is 29.5 Å². The van der Waals surface area contributed by atoms with Crippen LogP contribution in [0.2, 0.25) is 0 Å². The number of rotatable bonds is 5. The van der Waals surface area contributed by atoms with Gasteiger partial charge in [-0.05, 0) is 31.5 Å². The summed E-state index contributed by atoms with van der Waals surface area (Å²) in [6.45, 7) is 10.9. The van der Waals surface area contributed by atoms with E-state index < -0.39 is 10.8 Å². The van der Waals surface area contributed by atoms with E-state index in [1.54, 1.807) is 26.2 Å². The predicted octanol–water partition coefficient (Wildman–Crippen LogP) is 4.83. The largest absolute Gasteiger partial charge is 0.497 e. The van der Waals surface area contributed by atoms with E-state index in [1.165, 1.54) is 0 Å². The topological polar surface area (TPSA) is 56.5 Å². The second kappa shape index (κ2) is 6.08. The van der Waals surface area contributed by atoms with E-state index >= 15 is 0 Å². The molecule has 0 saturated heterocycles. The maximum atomic E-state index is 12.9. The molecule has 0 radical (unpaired) electrons. The first-order valence-corrected chi connectivity index (χ1v) is 8.12. The van der Waals surface area contributed by atoms with Gasteiger partial charge in [0.1, 0.15) is 17.1 Å². The molecule has 1 aromatic heterocycles. The molecule has 0 bridgehead atoms. The van der Waals surface area contributed by atoms with Gasteiger partial charge in [0, 0.05) is 21.8 Å². The second-order valence-corrected chi connectivity index (χ2v) is 7.97. The Labute approximate surface area is 143 Å². The lowest BCUT2D eigenvalue weighted by Gasteiger charge is -2.22. The lowest BCUT2D eigenvalue weighted by molar-refractivity contribution is -0.124. The van der Waals surface area contributed by atoms with Crippen molar-refractivity contribution in [2.24, 2.45) is 10.8 Å². The fourth-order valence-corrected chi connectivity index (χ4v) is 2.52. The Kier molecular flexibility index (Phi) is 4.62. The summed E-state index contributed by atoms with van der Waals surface area (Å²) >= 11 is 0. The molecule has 0 atom stereocenters. The molecule has 4 nitrogen and oxygen atoms in total. The molecule has 0 aliphatic carbocycles. The number of hydrogen-bond donors (Lipinski definition) is 0. The van der Waals surface area contributed by atoms with E-state index in [0.29, 0.717) is 23.5 Å². The lowest BCUT2D eigenvalue weighted by Crippen LogP contribution is -2.26. The SMILES string of the molecule is COc1ccc2oc(C(=O)C(C)(C)C)c(CC(C)(C)C(C)=O)c2c1. The fourth-order valence-electron chi connectivity index (χ4n) is 2.52. The first-order valence-electron chi connectivity index (χ1n) is 8.12. The van der Waals surface area contributed by atoms with Gasteiger partial charge in [-0.1, -0.05) is 34.6 Å². The standard InChI is InChI=1S/C20H26O4/c1-12(21)20(5,6)11-15-14-10-13(23-7)8-9-16(14)24-17(15)18(22)19(2,3)4/h8-10H,11H2,1-7H3. The number of Topliss-reactive ketones (excluding diaryl/α,β-unsaturated/α-hetero) is 2. The highest BCUT2D eigenvalue weighted by atomic mass is 16.5. The van der Waals surface area contributed by atoms with Crippen LogP contribution in [-0.4, -0.2) is 18.7 Å². The van der Waals surface area contributed by atoms with Gasteiger partial charge in [-0.3, -0.25) is 9.59 Å². The molecule has 0 amide bonds. The normalized spacial score (nSPS) is 12.5. The number of carbonyl (C=O) groups excluding carboxylic acids is 2. The summed E-state index contributed by atoms with van der Waals surface area (Å²) in [4.78, 5) is 24.8. The molecule has 0 N–H and O–H groups in total. The van der Waals surface area contributed by atoms with Crippen LogP contribution in [0.15, 0.2) is 22.6 Å². The Balaban J connectivity index is 2.70. The molecule has 4 heteroatoms. The van der Waals surface area contributed by atoms with Crippen LogP contribution in [0.1, 0.15) is 57.7 Å².